The van der Waals surface area contributed by atoms with Crippen LogP contribution in [0.25, 0.3) is 0 Å². The van der Waals surface area contributed by atoms with Crippen LogP contribution in [-0.2, 0) is 9.68 Å². The monoisotopic (exact) mass is 234 g/mol. The normalized spacial score (nSPS) is 9.38. The van der Waals surface area contributed by atoms with E-state index in [-0.39, 0.29) is 0 Å². The summed E-state index contributed by atoms with van der Waals surface area (Å²) < 4.78 is 0. The fourth-order valence-electron chi connectivity index (χ4n) is 0.651. The summed E-state index contributed by atoms with van der Waals surface area (Å²) in [6.45, 7) is 9.15. The predicted octanol–water partition coefficient (Wildman–Crippen LogP) is 3.46. The maximum atomic E-state index is 9.31. The Labute approximate surface area is 96.6 Å². The van der Waals surface area contributed by atoms with Gasteiger partial charge in [0.2, 0.25) is 0 Å². The molecule has 0 unspecified atom stereocenters. The Bertz CT molecular complexity index is 145. The molecule has 0 radical (unpaired) electrons. The fraction of sp³-hybridized carbons (Fsp3) is 1.00. The topological polar surface area (TPSA) is 77.3 Å². The third kappa shape index (κ3) is 23.0. The molecule has 6 nitrogen and oxygen atoms in total. The van der Waals surface area contributed by atoms with Gasteiger partial charge in [-0.05, 0) is 24.7 Å². The van der Waals surface area contributed by atoms with Gasteiger partial charge in [0.15, 0.2) is 10.7 Å². The fourth-order valence-corrected chi connectivity index (χ4v) is 0.651. The highest BCUT2D eigenvalue weighted by atomic mass is 16.7. The zero-order chi connectivity index (χ0) is 12.8. The van der Waals surface area contributed by atoms with Crippen molar-refractivity contribution in [2.45, 2.75) is 40.5 Å². The van der Waals surface area contributed by atoms with Gasteiger partial charge in [-0.3, -0.25) is 0 Å². The van der Waals surface area contributed by atoms with Gasteiger partial charge in [0.1, 0.15) is 13.2 Å². The van der Waals surface area contributed by atoms with Gasteiger partial charge in [0.25, 0.3) is 0 Å². The molecule has 0 saturated carbocycles. The van der Waals surface area contributed by atoms with Crippen LogP contribution in [0.1, 0.15) is 40.5 Å². The smallest absolute Gasteiger partial charge is 0.155 e. The molecule has 0 amide bonds. The molecule has 0 fully saturated rings. The van der Waals surface area contributed by atoms with E-state index in [4.69, 9.17) is 0 Å². The molecule has 16 heavy (non-hydrogen) atoms. The standard InChI is InChI=1S/2C5H11NO2/c2*1-5(2)3-4-8-6-7/h2*5H,3-4H2,1-2H3. The molecule has 0 aromatic heterocycles. The van der Waals surface area contributed by atoms with Crippen molar-refractivity contribution in [3.8, 4) is 0 Å². The molecule has 0 spiro atoms. The second-order valence-corrected chi connectivity index (χ2v) is 4.18. The van der Waals surface area contributed by atoms with Crippen LogP contribution in [-0.4, -0.2) is 13.2 Å². The zero-order valence-corrected chi connectivity index (χ0v) is 10.5. The quantitative estimate of drug-likeness (QED) is 0.366. The Balaban J connectivity index is 0. The summed E-state index contributed by atoms with van der Waals surface area (Å²) in [5.41, 5.74) is 0. The molecule has 0 aromatic rings. The van der Waals surface area contributed by atoms with Crippen molar-refractivity contribution >= 4 is 0 Å². The predicted molar refractivity (Wildman–Crippen MR) is 62.4 cm³/mol. The summed E-state index contributed by atoms with van der Waals surface area (Å²) in [7, 11) is 0. The maximum absolute atomic E-state index is 9.31. The summed E-state index contributed by atoms with van der Waals surface area (Å²) in [6, 6.07) is 0. The van der Waals surface area contributed by atoms with Gasteiger partial charge >= 0.3 is 0 Å². The SMILES string of the molecule is CC(C)CCON=O.CC(C)CCON=O. The number of rotatable bonds is 8. The first-order valence-corrected chi connectivity index (χ1v) is 5.43. The van der Waals surface area contributed by atoms with E-state index in [1.807, 2.05) is 0 Å². The van der Waals surface area contributed by atoms with E-state index in [0.29, 0.717) is 25.0 Å². The second-order valence-electron chi connectivity index (χ2n) is 4.18. The molecule has 6 heteroatoms. The largest absolute Gasteiger partial charge is 0.364 e. The van der Waals surface area contributed by atoms with Gasteiger partial charge < -0.3 is 9.68 Å². The van der Waals surface area contributed by atoms with Crippen LogP contribution in [0.5, 0.6) is 0 Å². The first-order valence-electron chi connectivity index (χ1n) is 5.43. The van der Waals surface area contributed by atoms with E-state index >= 15 is 0 Å². The highest BCUT2D eigenvalue weighted by Crippen LogP contribution is 1.98. The lowest BCUT2D eigenvalue weighted by Gasteiger charge is -1.98. The lowest BCUT2D eigenvalue weighted by atomic mass is 10.1. The second kappa shape index (κ2) is 13.8. The number of hydrogen-bond acceptors (Lipinski definition) is 6. The minimum Gasteiger partial charge on any atom is -0.364 e. The van der Waals surface area contributed by atoms with Gasteiger partial charge in [-0.2, -0.15) is 0 Å². The van der Waals surface area contributed by atoms with Crippen LogP contribution in [0.4, 0.5) is 0 Å². The first-order chi connectivity index (χ1) is 7.54. The van der Waals surface area contributed by atoms with E-state index in [9.17, 15) is 9.81 Å². The van der Waals surface area contributed by atoms with Crippen LogP contribution >= 0.6 is 0 Å². The van der Waals surface area contributed by atoms with Crippen molar-refractivity contribution in [2.24, 2.45) is 22.5 Å². The first kappa shape index (κ1) is 17.2. The molecule has 0 bridgehead atoms. The third-order valence-electron chi connectivity index (χ3n) is 1.68. The lowest BCUT2D eigenvalue weighted by Crippen LogP contribution is -1.93. The molecule has 0 heterocycles. The summed E-state index contributed by atoms with van der Waals surface area (Å²) in [4.78, 5) is 27.1. The average molecular weight is 234 g/mol. The Morgan fingerprint density at radius 3 is 1.31 bits per heavy atom. The van der Waals surface area contributed by atoms with Crippen LogP contribution in [0.15, 0.2) is 10.7 Å². The number of nitrogens with zero attached hydrogens (tertiary/aromatic N) is 2. The molecule has 0 rings (SSSR count). The highest BCUT2D eigenvalue weighted by Gasteiger charge is 1.92. The summed E-state index contributed by atoms with van der Waals surface area (Å²) in [5.74, 6) is 1.16. The van der Waals surface area contributed by atoms with Crippen molar-refractivity contribution in [3.05, 3.63) is 9.81 Å². The van der Waals surface area contributed by atoms with Crippen molar-refractivity contribution < 1.29 is 9.68 Å². The minimum absolute atomic E-state index is 0.446. The van der Waals surface area contributed by atoms with Gasteiger partial charge in [-0.15, -0.1) is 9.81 Å². The van der Waals surface area contributed by atoms with Crippen LogP contribution in [0.2, 0.25) is 0 Å². The molecule has 0 aromatic carbocycles. The molecular weight excluding hydrogens is 212 g/mol. The van der Waals surface area contributed by atoms with Crippen molar-refractivity contribution in [3.63, 3.8) is 0 Å². The molecule has 0 atom stereocenters. The van der Waals surface area contributed by atoms with Crippen molar-refractivity contribution in [1.29, 1.82) is 0 Å². The molecule has 0 aliphatic heterocycles. The van der Waals surface area contributed by atoms with E-state index in [0.717, 1.165) is 12.8 Å². The molecule has 0 aliphatic rings. The molecule has 0 saturated heterocycles. The maximum Gasteiger partial charge on any atom is 0.155 e. The Morgan fingerprint density at radius 2 is 1.12 bits per heavy atom. The zero-order valence-electron chi connectivity index (χ0n) is 10.5. The van der Waals surface area contributed by atoms with Gasteiger partial charge in [0, 0.05) is 0 Å². The van der Waals surface area contributed by atoms with Crippen LogP contribution in [0, 0.1) is 21.6 Å². The Hall–Kier alpha value is -1.20. The van der Waals surface area contributed by atoms with E-state index in [1.165, 1.54) is 0 Å². The molecular formula is C10H22N2O4. The molecule has 0 N–H and O–H groups in total. The Morgan fingerprint density at radius 1 is 0.812 bits per heavy atom. The summed E-state index contributed by atoms with van der Waals surface area (Å²) in [6.07, 6.45) is 1.79. The summed E-state index contributed by atoms with van der Waals surface area (Å²) >= 11 is 0. The average Bonchev–Trinajstić information content (AvgIpc) is 2.18. The van der Waals surface area contributed by atoms with Crippen molar-refractivity contribution in [1.82, 2.24) is 0 Å². The minimum atomic E-state index is 0.446. The van der Waals surface area contributed by atoms with Gasteiger partial charge in [-0.1, -0.05) is 27.7 Å². The third-order valence-corrected chi connectivity index (χ3v) is 1.68. The molecule has 0 aliphatic carbocycles. The van der Waals surface area contributed by atoms with E-state index in [1.54, 1.807) is 0 Å². The van der Waals surface area contributed by atoms with Crippen LogP contribution in [0.3, 0.4) is 0 Å². The van der Waals surface area contributed by atoms with Gasteiger partial charge in [0.05, 0.1) is 0 Å². The van der Waals surface area contributed by atoms with Gasteiger partial charge in [-0.25, -0.2) is 0 Å². The summed E-state index contributed by atoms with van der Waals surface area (Å²) in [5, 5.41) is 4.52. The number of hydrogen-bond donors (Lipinski definition) is 0. The molecule has 96 valence electrons. The highest BCUT2D eigenvalue weighted by molar-refractivity contribution is 4.41. The van der Waals surface area contributed by atoms with Crippen molar-refractivity contribution in [2.75, 3.05) is 13.2 Å². The van der Waals surface area contributed by atoms with Crippen LogP contribution < -0.4 is 0 Å². The Kier molecular flexibility index (Phi) is 14.8. The lowest BCUT2D eigenvalue weighted by molar-refractivity contribution is 0.128. The van der Waals surface area contributed by atoms with E-state index < -0.39 is 0 Å². The van der Waals surface area contributed by atoms with E-state index in [2.05, 4.69) is 48.1 Å².